The molecule has 1 saturated heterocycles. The van der Waals surface area contributed by atoms with E-state index >= 15 is 0 Å². The minimum atomic E-state index is 0.0286. The smallest absolute Gasteiger partial charge is 0.253 e. The van der Waals surface area contributed by atoms with Crippen molar-refractivity contribution in [3.05, 3.63) is 69.7 Å². The van der Waals surface area contributed by atoms with Crippen LogP contribution in [0.15, 0.2) is 48.5 Å². The van der Waals surface area contributed by atoms with Crippen molar-refractivity contribution in [2.24, 2.45) is 5.92 Å². The highest BCUT2D eigenvalue weighted by Crippen LogP contribution is 2.25. The molecule has 0 aliphatic carbocycles. The van der Waals surface area contributed by atoms with E-state index in [-0.39, 0.29) is 5.91 Å². The monoisotopic (exact) mass is 361 g/mol. The molecule has 0 unspecified atom stereocenters. The van der Waals surface area contributed by atoms with Gasteiger partial charge in [-0.15, -0.1) is 0 Å². The zero-order valence-corrected chi connectivity index (χ0v) is 15.1. The van der Waals surface area contributed by atoms with Crippen molar-refractivity contribution < 1.29 is 4.79 Å². The maximum atomic E-state index is 12.6. The van der Waals surface area contributed by atoms with Gasteiger partial charge in [0, 0.05) is 28.7 Å². The van der Waals surface area contributed by atoms with E-state index in [1.165, 1.54) is 12.0 Å². The Labute approximate surface area is 153 Å². The van der Waals surface area contributed by atoms with Crippen molar-refractivity contribution in [3.8, 4) is 0 Å². The van der Waals surface area contributed by atoms with E-state index in [1.54, 1.807) is 18.2 Å². The Morgan fingerprint density at radius 1 is 1.00 bits per heavy atom. The van der Waals surface area contributed by atoms with Gasteiger partial charge in [0.15, 0.2) is 0 Å². The summed E-state index contributed by atoms with van der Waals surface area (Å²) in [6.45, 7) is 1.62. The number of amides is 1. The van der Waals surface area contributed by atoms with Gasteiger partial charge in [-0.25, -0.2) is 0 Å². The lowest BCUT2D eigenvalue weighted by molar-refractivity contribution is 0.0687. The van der Waals surface area contributed by atoms with E-state index in [1.807, 2.05) is 4.90 Å². The Morgan fingerprint density at radius 2 is 1.62 bits per heavy atom. The van der Waals surface area contributed by atoms with Crippen LogP contribution in [0.25, 0.3) is 0 Å². The van der Waals surface area contributed by atoms with E-state index in [9.17, 15) is 4.79 Å². The fourth-order valence-corrected chi connectivity index (χ4v) is 3.83. The Balaban J connectivity index is 1.52. The Morgan fingerprint density at radius 3 is 2.25 bits per heavy atom. The summed E-state index contributed by atoms with van der Waals surface area (Å²) in [5.74, 6) is 0.720. The fourth-order valence-electron chi connectivity index (χ4n) is 3.30. The third-order valence-electron chi connectivity index (χ3n) is 4.70. The number of carbonyl (C=O) groups is 1. The highest BCUT2D eigenvalue weighted by molar-refractivity contribution is 6.35. The molecular formula is C20H21Cl2NO. The van der Waals surface area contributed by atoms with Crippen LogP contribution in [0.2, 0.25) is 10.0 Å². The number of aryl methyl sites for hydroxylation is 1. The van der Waals surface area contributed by atoms with Crippen LogP contribution in [0.1, 0.15) is 35.2 Å². The second kappa shape index (κ2) is 8.04. The molecule has 1 aliphatic rings. The molecule has 2 nitrogen and oxygen atoms in total. The lowest BCUT2D eigenvalue weighted by Crippen LogP contribution is -2.38. The van der Waals surface area contributed by atoms with Crippen LogP contribution in [0.5, 0.6) is 0 Å². The predicted octanol–water partition coefficient (Wildman–Crippen LogP) is 5.48. The van der Waals surface area contributed by atoms with E-state index < -0.39 is 0 Å². The van der Waals surface area contributed by atoms with E-state index in [0.29, 0.717) is 21.5 Å². The average molecular weight is 362 g/mol. The average Bonchev–Trinajstić information content (AvgIpc) is 2.60. The topological polar surface area (TPSA) is 20.3 Å². The molecule has 1 amide bonds. The third-order valence-corrected chi connectivity index (χ3v) is 5.13. The molecule has 2 aromatic carbocycles. The van der Waals surface area contributed by atoms with Gasteiger partial charge in [0.05, 0.1) is 0 Å². The molecule has 0 saturated carbocycles. The first kappa shape index (κ1) is 17.3. The van der Waals surface area contributed by atoms with Crippen LogP contribution in [-0.4, -0.2) is 23.9 Å². The summed E-state index contributed by atoms with van der Waals surface area (Å²) in [5, 5.41) is 1.01. The summed E-state index contributed by atoms with van der Waals surface area (Å²) in [6, 6.07) is 15.6. The van der Waals surface area contributed by atoms with Gasteiger partial charge >= 0.3 is 0 Å². The number of hydrogen-bond donors (Lipinski definition) is 0. The fraction of sp³-hybridized carbons (Fsp3) is 0.350. The lowest BCUT2D eigenvalue weighted by Gasteiger charge is -2.32. The molecule has 1 heterocycles. The van der Waals surface area contributed by atoms with Gasteiger partial charge in [0.1, 0.15) is 0 Å². The molecular weight excluding hydrogens is 341 g/mol. The molecule has 0 aromatic heterocycles. The molecule has 24 heavy (non-hydrogen) atoms. The number of piperidine rings is 1. The Hall–Kier alpha value is -1.51. The van der Waals surface area contributed by atoms with Crippen molar-refractivity contribution in [3.63, 3.8) is 0 Å². The van der Waals surface area contributed by atoms with Crippen molar-refractivity contribution in [2.45, 2.75) is 25.7 Å². The van der Waals surface area contributed by atoms with E-state index in [0.717, 1.165) is 32.4 Å². The number of carbonyl (C=O) groups excluding carboxylic acids is 1. The standard InChI is InChI=1S/C20H21Cl2NO/c21-18-12-17(13-19(22)14-18)20(24)23-10-8-16(9-11-23)7-6-15-4-2-1-3-5-15/h1-5,12-14,16H,6-11H2. The largest absolute Gasteiger partial charge is 0.339 e. The van der Waals surface area contributed by atoms with Gasteiger partial charge in [0.25, 0.3) is 5.91 Å². The number of benzene rings is 2. The summed E-state index contributed by atoms with van der Waals surface area (Å²) < 4.78 is 0. The first-order valence-corrected chi connectivity index (χ1v) is 9.17. The maximum Gasteiger partial charge on any atom is 0.253 e. The maximum absolute atomic E-state index is 12.6. The van der Waals surface area contributed by atoms with Gasteiger partial charge in [-0.1, -0.05) is 53.5 Å². The second-order valence-electron chi connectivity index (χ2n) is 6.42. The summed E-state index contributed by atoms with van der Waals surface area (Å²) in [6.07, 6.45) is 4.43. The minimum absolute atomic E-state index is 0.0286. The first-order chi connectivity index (χ1) is 11.6. The third kappa shape index (κ3) is 4.52. The number of rotatable bonds is 4. The molecule has 0 spiro atoms. The molecule has 0 bridgehead atoms. The highest BCUT2D eigenvalue weighted by Gasteiger charge is 2.23. The summed E-state index contributed by atoms with van der Waals surface area (Å²) >= 11 is 12.0. The molecule has 0 radical (unpaired) electrons. The van der Waals surface area contributed by atoms with E-state index in [2.05, 4.69) is 30.3 Å². The van der Waals surface area contributed by atoms with Crippen molar-refractivity contribution in [2.75, 3.05) is 13.1 Å². The molecule has 1 fully saturated rings. The van der Waals surface area contributed by atoms with Crippen LogP contribution < -0.4 is 0 Å². The zero-order chi connectivity index (χ0) is 16.9. The van der Waals surface area contributed by atoms with Gasteiger partial charge in [-0.3, -0.25) is 4.79 Å². The summed E-state index contributed by atoms with van der Waals surface area (Å²) in [4.78, 5) is 14.5. The van der Waals surface area contributed by atoms with Gasteiger partial charge in [0.2, 0.25) is 0 Å². The zero-order valence-electron chi connectivity index (χ0n) is 13.6. The highest BCUT2D eigenvalue weighted by atomic mass is 35.5. The Kier molecular flexibility index (Phi) is 5.80. The van der Waals surface area contributed by atoms with Gasteiger partial charge < -0.3 is 4.90 Å². The predicted molar refractivity (Wildman–Crippen MR) is 99.9 cm³/mol. The summed E-state index contributed by atoms with van der Waals surface area (Å²) in [5.41, 5.74) is 1.97. The Bertz CT molecular complexity index is 674. The van der Waals surface area contributed by atoms with Crippen LogP contribution in [0, 0.1) is 5.92 Å². The van der Waals surface area contributed by atoms with Gasteiger partial charge in [-0.2, -0.15) is 0 Å². The van der Waals surface area contributed by atoms with Crippen LogP contribution in [0.4, 0.5) is 0 Å². The van der Waals surface area contributed by atoms with Gasteiger partial charge in [-0.05, 0) is 55.4 Å². The minimum Gasteiger partial charge on any atom is -0.339 e. The molecule has 0 atom stereocenters. The quantitative estimate of drug-likeness (QED) is 0.705. The lowest BCUT2D eigenvalue weighted by atomic mass is 9.90. The van der Waals surface area contributed by atoms with Crippen LogP contribution in [0.3, 0.4) is 0 Å². The molecule has 126 valence electrons. The number of halogens is 2. The molecule has 0 N–H and O–H groups in total. The SMILES string of the molecule is O=C(c1cc(Cl)cc(Cl)c1)N1CCC(CCc2ccccc2)CC1. The van der Waals surface area contributed by atoms with Crippen molar-refractivity contribution in [1.29, 1.82) is 0 Å². The summed E-state index contributed by atoms with van der Waals surface area (Å²) in [7, 11) is 0. The normalized spacial score (nSPS) is 15.5. The number of nitrogens with zero attached hydrogens (tertiary/aromatic N) is 1. The second-order valence-corrected chi connectivity index (χ2v) is 7.29. The molecule has 1 aliphatic heterocycles. The van der Waals surface area contributed by atoms with Crippen molar-refractivity contribution in [1.82, 2.24) is 4.90 Å². The van der Waals surface area contributed by atoms with E-state index in [4.69, 9.17) is 23.2 Å². The van der Waals surface area contributed by atoms with Crippen LogP contribution >= 0.6 is 23.2 Å². The molecule has 2 aromatic rings. The molecule has 3 rings (SSSR count). The van der Waals surface area contributed by atoms with Crippen LogP contribution in [-0.2, 0) is 6.42 Å². The first-order valence-electron chi connectivity index (χ1n) is 8.41. The van der Waals surface area contributed by atoms with Crippen molar-refractivity contribution >= 4 is 29.1 Å². The number of hydrogen-bond acceptors (Lipinski definition) is 1. The molecule has 4 heteroatoms. The number of likely N-dealkylation sites (tertiary alicyclic amines) is 1.